The van der Waals surface area contributed by atoms with Gasteiger partial charge >= 0.3 is 6.03 Å². The van der Waals surface area contributed by atoms with Crippen LogP contribution in [0.15, 0.2) is 24.3 Å². The largest absolute Gasteiger partial charge is 0.497 e. The lowest BCUT2D eigenvalue weighted by atomic mass is 10.3. The number of hydrogen-bond donors (Lipinski definition) is 1. The minimum atomic E-state index is -0.0412. The molecular weight excluding hydrogens is 280 g/mol. The van der Waals surface area contributed by atoms with Gasteiger partial charge in [-0.15, -0.1) is 0 Å². The first-order valence-corrected chi connectivity index (χ1v) is 7.65. The molecule has 6 nitrogen and oxygen atoms in total. The fraction of sp³-hybridized carbons (Fsp3) is 0.562. The summed E-state index contributed by atoms with van der Waals surface area (Å²) >= 11 is 0. The number of nitrogens with zero attached hydrogens (tertiary/aromatic N) is 3. The van der Waals surface area contributed by atoms with Gasteiger partial charge in [0.25, 0.3) is 0 Å². The molecular formula is C16H26N4O2. The van der Waals surface area contributed by atoms with Crippen LogP contribution in [0.5, 0.6) is 5.75 Å². The number of likely N-dealkylation sites (N-methyl/N-ethyl adjacent to an activating group) is 1. The van der Waals surface area contributed by atoms with Crippen molar-refractivity contribution in [2.45, 2.75) is 0 Å². The van der Waals surface area contributed by atoms with Crippen LogP contribution in [0.3, 0.4) is 0 Å². The average Bonchev–Trinajstić information content (AvgIpc) is 2.53. The van der Waals surface area contributed by atoms with Crippen molar-refractivity contribution in [1.82, 2.24) is 14.7 Å². The molecule has 0 aromatic heterocycles. The standard InChI is InChI=1S/C16H26N4O2/c1-18(2)7-8-19-9-11-20(12-10-19)16(21)17-14-5-4-6-15(13-14)22-3/h4-6,13H,7-12H2,1-3H3,(H,17,21). The number of hydrogen-bond acceptors (Lipinski definition) is 4. The molecule has 1 aromatic rings. The van der Waals surface area contributed by atoms with Gasteiger partial charge in [-0.1, -0.05) is 6.07 Å². The Bertz CT molecular complexity index is 485. The van der Waals surface area contributed by atoms with Crippen LogP contribution in [0.4, 0.5) is 10.5 Å². The predicted molar refractivity (Wildman–Crippen MR) is 88.6 cm³/mol. The molecule has 0 saturated carbocycles. The Labute approximate surface area is 132 Å². The summed E-state index contributed by atoms with van der Waals surface area (Å²) in [6.07, 6.45) is 0. The lowest BCUT2D eigenvalue weighted by molar-refractivity contribution is 0.140. The van der Waals surface area contributed by atoms with E-state index >= 15 is 0 Å². The van der Waals surface area contributed by atoms with Crippen molar-refractivity contribution in [1.29, 1.82) is 0 Å². The van der Waals surface area contributed by atoms with E-state index in [0.29, 0.717) is 0 Å². The summed E-state index contributed by atoms with van der Waals surface area (Å²) in [6, 6.07) is 7.38. The van der Waals surface area contributed by atoms with Gasteiger partial charge in [0.05, 0.1) is 7.11 Å². The van der Waals surface area contributed by atoms with Gasteiger partial charge in [-0.25, -0.2) is 4.79 Å². The number of carbonyl (C=O) groups is 1. The van der Waals surface area contributed by atoms with Crippen LogP contribution in [-0.4, -0.2) is 81.2 Å². The summed E-state index contributed by atoms with van der Waals surface area (Å²) in [5.41, 5.74) is 0.763. The molecule has 2 rings (SSSR count). The molecule has 0 unspecified atom stereocenters. The molecule has 22 heavy (non-hydrogen) atoms. The van der Waals surface area contributed by atoms with E-state index in [4.69, 9.17) is 4.74 Å². The summed E-state index contributed by atoms with van der Waals surface area (Å²) in [6.45, 7) is 5.50. The van der Waals surface area contributed by atoms with Crippen LogP contribution in [0.25, 0.3) is 0 Å². The van der Waals surface area contributed by atoms with Crippen LogP contribution >= 0.6 is 0 Å². The van der Waals surface area contributed by atoms with Gasteiger partial charge in [0.15, 0.2) is 0 Å². The number of urea groups is 1. The van der Waals surface area contributed by atoms with Crippen LogP contribution in [0.1, 0.15) is 0 Å². The fourth-order valence-corrected chi connectivity index (χ4v) is 2.42. The molecule has 1 aliphatic rings. The van der Waals surface area contributed by atoms with Crippen LogP contribution in [0.2, 0.25) is 0 Å². The maximum atomic E-state index is 12.3. The molecule has 0 spiro atoms. The quantitative estimate of drug-likeness (QED) is 0.893. The third-order valence-corrected chi connectivity index (χ3v) is 3.84. The lowest BCUT2D eigenvalue weighted by Gasteiger charge is -2.35. The number of rotatable bonds is 5. The first-order chi connectivity index (χ1) is 10.6. The van der Waals surface area contributed by atoms with E-state index in [2.05, 4.69) is 29.2 Å². The second-order valence-electron chi connectivity index (χ2n) is 5.79. The molecule has 0 radical (unpaired) electrons. The van der Waals surface area contributed by atoms with Crippen molar-refractivity contribution in [2.75, 3.05) is 65.8 Å². The summed E-state index contributed by atoms with van der Waals surface area (Å²) in [5, 5.41) is 2.93. The fourth-order valence-electron chi connectivity index (χ4n) is 2.42. The Morgan fingerprint density at radius 2 is 2.00 bits per heavy atom. The van der Waals surface area contributed by atoms with Gasteiger partial charge in [-0.3, -0.25) is 4.90 Å². The Morgan fingerprint density at radius 1 is 1.27 bits per heavy atom. The van der Waals surface area contributed by atoms with Gasteiger partial charge in [0.2, 0.25) is 0 Å². The molecule has 1 fully saturated rings. The van der Waals surface area contributed by atoms with Gasteiger partial charge in [-0.05, 0) is 26.2 Å². The summed E-state index contributed by atoms with van der Waals surface area (Å²) in [7, 11) is 5.78. The minimum Gasteiger partial charge on any atom is -0.497 e. The number of methoxy groups -OCH3 is 1. The highest BCUT2D eigenvalue weighted by Gasteiger charge is 2.20. The number of benzene rings is 1. The van der Waals surface area contributed by atoms with E-state index in [-0.39, 0.29) is 6.03 Å². The topological polar surface area (TPSA) is 48.1 Å². The number of nitrogens with one attached hydrogen (secondary N) is 1. The SMILES string of the molecule is COc1cccc(NC(=O)N2CCN(CCN(C)C)CC2)c1. The number of anilines is 1. The van der Waals surface area contributed by atoms with E-state index in [1.54, 1.807) is 7.11 Å². The third kappa shape index (κ3) is 4.89. The zero-order valence-corrected chi connectivity index (χ0v) is 13.7. The van der Waals surface area contributed by atoms with E-state index in [1.165, 1.54) is 0 Å². The number of ether oxygens (including phenoxy) is 1. The van der Waals surface area contributed by atoms with Crippen molar-refractivity contribution in [3.8, 4) is 5.75 Å². The van der Waals surface area contributed by atoms with Crippen molar-refractivity contribution < 1.29 is 9.53 Å². The van der Waals surface area contributed by atoms with E-state index < -0.39 is 0 Å². The van der Waals surface area contributed by atoms with Gasteiger partial charge in [0, 0.05) is 51.0 Å². The van der Waals surface area contributed by atoms with Gasteiger partial charge < -0.3 is 19.9 Å². The molecule has 0 aliphatic carbocycles. The first-order valence-electron chi connectivity index (χ1n) is 7.65. The highest BCUT2D eigenvalue weighted by molar-refractivity contribution is 5.89. The molecule has 1 aromatic carbocycles. The second kappa shape index (κ2) is 8.00. The molecule has 1 N–H and O–H groups in total. The average molecular weight is 306 g/mol. The second-order valence-corrected chi connectivity index (χ2v) is 5.79. The van der Waals surface area contributed by atoms with Gasteiger partial charge in [0.1, 0.15) is 5.75 Å². The monoisotopic (exact) mass is 306 g/mol. The van der Waals surface area contributed by atoms with E-state index in [0.717, 1.165) is 50.7 Å². The van der Waals surface area contributed by atoms with Crippen molar-refractivity contribution in [3.05, 3.63) is 24.3 Å². The lowest BCUT2D eigenvalue weighted by Crippen LogP contribution is -2.51. The van der Waals surface area contributed by atoms with E-state index in [9.17, 15) is 4.79 Å². The van der Waals surface area contributed by atoms with Crippen molar-refractivity contribution >= 4 is 11.7 Å². The normalized spacial score (nSPS) is 15.9. The highest BCUT2D eigenvalue weighted by Crippen LogP contribution is 2.17. The Hall–Kier alpha value is -1.79. The molecule has 1 heterocycles. The van der Waals surface area contributed by atoms with Crippen molar-refractivity contribution in [2.24, 2.45) is 0 Å². The van der Waals surface area contributed by atoms with Crippen LogP contribution in [0, 0.1) is 0 Å². The highest BCUT2D eigenvalue weighted by atomic mass is 16.5. The molecule has 1 aliphatic heterocycles. The molecule has 0 bridgehead atoms. The molecule has 2 amide bonds. The Balaban J connectivity index is 1.79. The first kappa shape index (κ1) is 16.6. The van der Waals surface area contributed by atoms with Crippen LogP contribution < -0.4 is 10.1 Å². The Kier molecular flexibility index (Phi) is 6.03. The van der Waals surface area contributed by atoms with Gasteiger partial charge in [-0.2, -0.15) is 0 Å². The Morgan fingerprint density at radius 3 is 2.64 bits per heavy atom. The molecule has 6 heteroatoms. The minimum absolute atomic E-state index is 0.0412. The predicted octanol–water partition coefficient (Wildman–Crippen LogP) is 1.41. The zero-order valence-electron chi connectivity index (χ0n) is 13.7. The maximum Gasteiger partial charge on any atom is 0.321 e. The summed E-state index contributed by atoms with van der Waals surface area (Å²) < 4.78 is 5.17. The zero-order chi connectivity index (χ0) is 15.9. The summed E-state index contributed by atoms with van der Waals surface area (Å²) in [4.78, 5) is 18.7. The van der Waals surface area contributed by atoms with E-state index in [1.807, 2.05) is 29.2 Å². The van der Waals surface area contributed by atoms with Crippen LogP contribution in [-0.2, 0) is 0 Å². The maximum absolute atomic E-state index is 12.3. The molecule has 0 atom stereocenters. The number of amides is 2. The summed E-state index contributed by atoms with van der Waals surface area (Å²) in [5.74, 6) is 0.742. The number of piperazine rings is 1. The molecule has 122 valence electrons. The third-order valence-electron chi connectivity index (χ3n) is 3.84. The smallest absolute Gasteiger partial charge is 0.321 e. The molecule has 1 saturated heterocycles. The number of carbonyl (C=O) groups excluding carboxylic acids is 1. The van der Waals surface area contributed by atoms with Crippen molar-refractivity contribution in [3.63, 3.8) is 0 Å².